The molecule has 0 amide bonds. The van der Waals surface area contributed by atoms with Crippen LogP contribution in [0.3, 0.4) is 0 Å². The van der Waals surface area contributed by atoms with Gasteiger partial charge in [-0.25, -0.2) is 0 Å². The van der Waals surface area contributed by atoms with Gasteiger partial charge < -0.3 is 5.11 Å². The Labute approximate surface area is 212 Å². The number of halogens is 3. The normalized spacial score (nSPS) is 21.2. The number of hydrogen-bond donors (Lipinski definition) is 1. The molecule has 0 spiro atoms. The molecule has 3 nitrogen and oxygen atoms in total. The molecule has 1 N–H and O–H groups in total. The van der Waals surface area contributed by atoms with Gasteiger partial charge in [-0.05, 0) is 50.1 Å². The van der Waals surface area contributed by atoms with Crippen molar-refractivity contribution in [2.24, 2.45) is 5.92 Å². The summed E-state index contributed by atoms with van der Waals surface area (Å²) < 4.78 is 38.2. The zero-order valence-electron chi connectivity index (χ0n) is 22.5. The van der Waals surface area contributed by atoms with Gasteiger partial charge in [-0.1, -0.05) is 81.2 Å². The van der Waals surface area contributed by atoms with Crippen molar-refractivity contribution in [3.05, 3.63) is 29.8 Å². The zero-order chi connectivity index (χ0) is 26.4. The monoisotopic (exact) mass is 529 g/mol. The molecule has 1 fully saturated rings. The Bertz CT molecular complexity index is 801. The number of hydrogen-bond acceptors (Lipinski definition) is 2. The van der Waals surface area contributed by atoms with Crippen LogP contribution in [0.2, 0.25) is 45.3 Å². The first-order chi connectivity index (χ1) is 16.0. The van der Waals surface area contributed by atoms with E-state index in [1.165, 1.54) is 10.8 Å². The molecule has 1 aliphatic heterocycles. The van der Waals surface area contributed by atoms with Crippen molar-refractivity contribution in [1.29, 1.82) is 0 Å². The topological polar surface area (TPSA) is 40.5 Å². The number of carbonyl (C=O) groups is 1. The fourth-order valence-electron chi connectivity index (χ4n) is 5.24. The molecule has 1 saturated heterocycles. The van der Waals surface area contributed by atoms with Crippen LogP contribution in [0.15, 0.2) is 24.3 Å². The molecule has 0 bridgehead atoms. The van der Waals surface area contributed by atoms with E-state index in [2.05, 4.69) is 68.4 Å². The summed E-state index contributed by atoms with van der Waals surface area (Å²) in [6.45, 7) is 14.8. The minimum absolute atomic E-state index is 0.123. The third-order valence-corrected chi connectivity index (χ3v) is 11.2. The lowest BCUT2D eigenvalue weighted by Gasteiger charge is -2.45. The fraction of sp³-hybridized carbons (Fsp3) is 0.741. The third-order valence-electron chi connectivity index (χ3n) is 7.32. The molecule has 3 atom stereocenters. The highest BCUT2D eigenvalue weighted by Gasteiger charge is 2.35. The van der Waals surface area contributed by atoms with Crippen molar-refractivity contribution in [1.82, 2.24) is 4.90 Å². The first-order valence-corrected chi connectivity index (χ1v) is 20.4. The van der Waals surface area contributed by atoms with Gasteiger partial charge in [0.1, 0.15) is 0 Å². The van der Waals surface area contributed by atoms with Gasteiger partial charge in [-0.15, -0.1) is 0 Å². The van der Waals surface area contributed by atoms with E-state index in [9.17, 15) is 23.1 Å². The van der Waals surface area contributed by atoms with Crippen LogP contribution < -0.4 is 5.19 Å². The Kier molecular flexibility index (Phi) is 10.7. The first-order valence-electron chi connectivity index (χ1n) is 13.2. The molecule has 35 heavy (non-hydrogen) atoms. The number of rotatable bonds is 12. The number of carboxylic acid groups (broad SMARTS) is 1. The highest BCUT2D eigenvalue weighted by Crippen LogP contribution is 2.39. The minimum Gasteiger partial charge on any atom is -0.481 e. The van der Waals surface area contributed by atoms with Crippen molar-refractivity contribution >= 4 is 27.3 Å². The number of carboxylic acids is 1. The number of benzene rings is 1. The van der Waals surface area contributed by atoms with Gasteiger partial charge >= 0.3 is 12.1 Å². The van der Waals surface area contributed by atoms with Crippen LogP contribution in [0.5, 0.6) is 0 Å². The average Bonchev–Trinajstić information content (AvgIpc) is 2.71. The molecule has 0 unspecified atom stereocenters. The minimum atomic E-state index is -4.09. The second-order valence-electron chi connectivity index (χ2n) is 12.7. The summed E-state index contributed by atoms with van der Waals surface area (Å²) in [6, 6.07) is 10.4. The molecule has 1 aliphatic rings. The summed E-state index contributed by atoms with van der Waals surface area (Å²) in [4.78, 5) is 14.0. The number of aliphatic carboxylic acids is 1. The van der Waals surface area contributed by atoms with Crippen LogP contribution >= 0.6 is 0 Å². The largest absolute Gasteiger partial charge is 0.481 e. The van der Waals surface area contributed by atoms with Gasteiger partial charge in [0.2, 0.25) is 0 Å². The number of alkyl halides is 3. The fourth-order valence-corrected chi connectivity index (χ4v) is 7.61. The molecule has 0 saturated carbocycles. The van der Waals surface area contributed by atoms with Crippen molar-refractivity contribution in [2.45, 2.75) is 115 Å². The Morgan fingerprint density at radius 3 is 2.20 bits per heavy atom. The predicted molar refractivity (Wildman–Crippen MR) is 145 cm³/mol. The highest BCUT2D eigenvalue weighted by atomic mass is 28.3. The summed E-state index contributed by atoms with van der Waals surface area (Å²) in [6.07, 6.45) is -0.457. The Balaban J connectivity index is 2.28. The molecule has 2 rings (SSSR count). The van der Waals surface area contributed by atoms with E-state index in [-0.39, 0.29) is 30.8 Å². The van der Waals surface area contributed by atoms with E-state index >= 15 is 0 Å². The summed E-state index contributed by atoms with van der Waals surface area (Å²) in [5, 5.41) is 10.8. The second kappa shape index (κ2) is 12.4. The van der Waals surface area contributed by atoms with E-state index in [0.29, 0.717) is 6.42 Å². The molecule has 1 aromatic rings. The maximum atomic E-state index is 12.7. The molecule has 8 heteroatoms. The maximum Gasteiger partial charge on any atom is 0.389 e. The lowest BCUT2D eigenvalue weighted by Crippen LogP contribution is -2.45. The summed E-state index contributed by atoms with van der Waals surface area (Å²) >= 11 is 0. The van der Waals surface area contributed by atoms with Gasteiger partial charge in [-0.3, -0.25) is 9.69 Å². The van der Waals surface area contributed by atoms with Gasteiger partial charge in [0.25, 0.3) is 0 Å². The lowest BCUT2D eigenvalue weighted by atomic mass is 9.83. The van der Waals surface area contributed by atoms with E-state index in [4.69, 9.17) is 0 Å². The lowest BCUT2D eigenvalue weighted by molar-refractivity contribution is -0.139. The van der Waals surface area contributed by atoms with E-state index in [0.717, 1.165) is 38.3 Å². The molecule has 200 valence electrons. The Morgan fingerprint density at radius 1 is 1.06 bits per heavy atom. The smallest absolute Gasteiger partial charge is 0.389 e. The number of nitrogens with zero attached hydrogens (tertiary/aromatic N) is 1. The molecular formula is C27H46F3NO2Si2. The van der Waals surface area contributed by atoms with E-state index in [1.54, 1.807) is 0 Å². The summed E-state index contributed by atoms with van der Waals surface area (Å²) in [7, 11) is -2.74. The molecular weight excluding hydrogens is 483 g/mol. The van der Waals surface area contributed by atoms with Crippen LogP contribution in [-0.4, -0.2) is 50.9 Å². The highest BCUT2D eigenvalue weighted by molar-refractivity contribution is 6.88. The standard InChI is InChI=1S/C27H46F3NO2Si2/c1-34(2,3)18-15-23(9-7-8-16-27(28,29)30)31-17-14-21(20-26(32)33)19-25(31)22-10-12-24(13-11-22)35(4,5)6/h10-13,21,23,25H,7-9,14-20H2,1-6H3,(H,32,33)/t21-,23-,25+/m1/s1. The first kappa shape index (κ1) is 30.1. The zero-order valence-corrected chi connectivity index (χ0v) is 24.5. The molecule has 1 heterocycles. The number of unbranched alkanes of at least 4 members (excludes halogenated alkanes) is 1. The van der Waals surface area contributed by atoms with Crippen molar-refractivity contribution < 1.29 is 23.1 Å². The Hall–Kier alpha value is -1.13. The third kappa shape index (κ3) is 10.8. The van der Waals surface area contributed by atoms with E-state index < -0.39 is 34.7 Å². The SMILES string of the molecule is C[Si](C)(C)CC[C@@H](CCCCC(F)(F)F)N1CC[C@@H](CC(=O)O)C[C@H]1c1ccc([Si](C)(C)C)cc1. The molecule has 0 radical (unpaired) electrons. The Morgan fingerprint density at radius 2 is 1.69 bits per heavy atom. The molecule has 0 aromatic heterocycles. The van der Waals surface area contributed by atoms with Crippen molar-refractivity contribution in [3.8, 4) is 0 Å². The van der Waals surface area contributed by atoms with Gasteiger partial charge in [0.05, 0.1) is 8.07 Å². The van der Waals surface area contributed by atoms with Crippen molar-refractivity contribution in [2.75, 3.05) is 6.54 Å². The number of piperidine rings is 1. The van der Waals surface area contributed by atoms with Crippen LogP contribution in [0.1, 0.15) is 63.0 Å². The quantitative estimate of drug-likeness (QED) is 0.223. The van der Waals surface area contributed by atoms with Crippen LogP contribution in [-0.2, 0) is 4.79 Å². The van der Waals surface area contributed by atoms with Crippen LogP contribution in [0.4, 0.5) is 13.2 Å². The van der Waals surface area contributed by atoms with E-state index in [1.807, 2.05) is 0 Å². The average molecular weight is 530 g/mol. The van der Waals surface area contributed by atoms with Crippen molar-refractivity contribution in [3.63, 3.8) is 0 Å². The second-order valence-corrected chi connectivity index (χ2v) is 23.4. The predicted octanol–water partition coefficient (Wildman–Crippen LogP) is 7.68. The van der Waals surface area contributed by atoms with Crippen LogP contribution in [0.25, 0.3) is 0 Å². The summed E-state index contributed by atoms with van der Waals surface area (Å²) in [5.41, 5.74) is 1.22. The van der Waals surface area contributed by atoms with Gasteiger partial charge in [0, 0.05) is 33.0 Å². The van der Waals surface area contributed by atoms with Gasteiger partial charge in [-0.2, -0.15) is 13.2 Å². The maximum absolute atomic E-state index is 12.7. The molecule has 0 aliphatic carbocycles. The molecule has 1 aromatic carbocycles. The van der Waals surface area contributed by atoms with Gasteiger partial charge in [0.15, 0.2) is 0 Å². The number of likely N-dealkylation sites (tertiary alicyclic amines) is 1. The van der Waals surface area contributed by atoms with Crippen LogP contribution in [0, 0.1) is 5.92 Å². The summed E-state index contributed by atoms with van der Waals surface area (Å²) in [5.74, 6) is -0.619.